The summed E-state index contributed by atoms with van der Waals surface area (Å²) < 4.78 is 39.1. The highest BCUT2D eigenvalue weighted by atomic mass is 35.5. The van der Waals surface area contributed by atoms with Crippen LogP contribution in [0.25, 0.3) is 0 Å². The molecule has 0 aliphatic rings. The lowest BCUT2D eigenvalue weighted by atomic mass is 10.1. The molecule has 0 saturated carbocycles. The summed E-state index contributed by atoms with van der Waals surface area (Å²) in [4.78, 5) is 27.9. The Kier molecular flexibility index (Phi) is 7.46. The van der Waals surface area contributed by atoms with Gasteiger partial charge in [0.05, 0.1) is 22.1 Å². The van der Waals surface area contributed by atoms with Crippen LogP contribution in [-0.4, -0.2) is 34.0 Å². The number of aromatic hydroxyl groups is 1. The van der Waals surface area contributed by atoms with Gasteiger partial charge in [0.15, 0.2) is 5.75 Å². The number of nitrogens with two attached hydrogens (primary N) is 1. The van der Waals surface area contributed by atoms with Crippen molar-refractivity contribution in [2.75, 3.05) is 5.32 Å². The van der Waals surface area contributed by atoms with E-state index in [1.807, 2.05) is 0 Å². The molecule has 3 aromatic carbocycles. The summed E-state index contributed by atoms with van der Waals surface area (Å²) in [6.45, 7) is 0. The Morgan fingerprint density at radius 3 is 2.20 bits per heavy atom. The molecule has 0 heterocycles. The van der Waals surface area contributed by atoms with E-state index < -0.39 is 35.1 Å². The van der Waals surface area contributed by atoms with E-state index in [0.29, 0.717) is 6.08 Å². The van der Waals surface area contributed by atoms with E-state index in [1.165, 1.54) is 54.6 Å². The number of para-hydroxylation sites is 2. The number of rotatable bonds is 6. The van der Waals surface area contributed by atoms with Crippen molar-refractivity contribution in [1.82, 2.24) is 0 Å². The number of carboxylic acids is 1. The predicted octanol–water partition coefficient (Wildman–Crippen LogP) is 5.52. The zero-order valence-electron chi connectivity index (χ0n) is 17.7. The Labute approximate surface area is 202 Å². The molecule has 7 nitrogen and oxygen atoms in total. The number of hydrogen-bond donors (Lipinski definition) is 4. The van der Waals surface area contributed by atoms with E-state index in [-0.39, 0.29) is 33.2 Å². The third-order valence-corrected chi connectivity index (χ3v) is 4.99. The lowest BCUT2D eigenvalue weighted by Crippen LogP contribution is -2.21. The van der Waals surface area contributed by atoms with Crippen molar-refractivity contribution in [3.8, 4) is 5.75 Å². The van der Waals surface area contributed by atoms with Gasteiger partial charge in [0.25, 0.3) is 5.91 Å². The van der Waals surface area contributed by atoms with Crippen LogP contribution in [0, 0.1) is 0 Å². The highest BCUT2D eigenvalue weighted by Crippen LogP contribution is 2.29. The number of alkyl halides is 3. The van der Waals surface area contributed by atoms with Gasteiger partial charge in [-0.2, -0.15) is 13.2 Å². The van der Waals surface area contributed by atoms with Crippen molar-refractivity contribution in [2.24, 2.45) is 10.7 Å². The van der Waals surface area contributed by atoms with Crippen LogP contribution in [-0.2, 0) is 0 Å². The maximum Gasteiger partial charge on any atom is 0.430 e. The van der Waals surface area contributed by atoms with Gasteiger partial charge < -0.3 is 21.3 Å². The zero-order chi connectivity index (χ0) is 25.8. The quantitative estimate of drug-likeness (QED) is 0.260. The van der Waals surface area contributed by atoms with Gasteiger partial charge in [-0.15, -0.1) is 0 Å². The maximum atomic E-state index is 13.0. The van der Waals surface area contributed by atoms with Gasteiger partial charge in [0.1, 0.15) is 11.3 Å². The fraction of sp³-hybridized carbons (Fsp3) is 0.0417. The van der Waals surface area contributed by atoms with E-state index in [2.05, 4.69) is 10.3 Å². The van der Waals surface area contributed by atoms with Crippen molar-refractivity contribution in [2.45, 2.75) is 6.18 Å². The highest BCUT2D eigenvalue weighted by molar-refractivity contribution is 6.33. The molecule has 11 heteroatoms. The number of aliphatic imine (C=N–C) groups is 1. The Hall–Kier alpha value is -4.31. The first-order valence-electron chi connectivity index (χ1n) is 9.82. The first kappa shape index (κ1) is 25.3. The second kappa shape index (κ2) is 10.3. The lowest BCUT2D eigenvalue weighted by Gasteiger charge is -2.11. The van der Waals surface area contributed by atoms with Crippen molar-refractivity contribution in [3.05, 3.63) is 100 Å². The highest BCUT2D eigenvalue weighted by Gasteiger charge is 2.31. The minimum absolute atomic E-state index is 0.0822. The van der Waals surface area contributed by atoms with Gasteiger partial charge in [0, 0.05) is 11.1 Å². The van der Waals surface area contributed by atoms with E-state index in [9.17, 15) is 27.9 Å². The molecule has 1 amide bonds. The summed E-state index contributed by atoms with van der Waals surface area (Å²) in [7, 11) is 0. The molecule has 0 aromatic heterocycles. The molecule has 180 valence electrons. The first-order chi connectivity index (χ1) is 16.5. The van der Waals surface area contributed by atoms with Gasteiger partial charge in [-0.1, -0.05) is 41.9 Å². The lowest BCUT2D eigenvalue weighted by molar-refractivity contribution is -0.0925. The topological polar surface area (TPSA) is 125 Å². The zero-order valence-corrected chi connectivity index (χ0v) is 18.4. The Morgan fingerprint density at radius 2 is 1.60 bits per heavy atom. The second-order valence-corrected chi connectivity index (χ2v) is 7.49. The molecule has 0 aliphatic heterocycles. The number of amides is 1. The molecule has 0 atom stereocenters. The number of carbonyl (C=O) groups is 2. The number of nitrogens with one attached hydrogen (secondary N) is 1. The standard InChI is InChI=1S/C24H17ClF3N3O4/c25-16-5-1-2-6-17(16)30-19(12-20(29)24(26,27)28)13-8-10-14(11-9-13)22(33)31-18-7-3-4-15(21(18)32)23(34)35/h1-12,32H,29H2,(H,31,33)(H,34,35). The molecular formula is C24H17ClF3N3O4. The molecule has 0 fully saturated rings. The van der Waals surface area contributed by atoms with Crippen LogP contribution in [0.3, 0.4) is 0 Å². The molecule has 5 N–H and O–H groups in total. The number of nitrogens with zero attached hydrogens (tertiary/aromatic N) is 1. The van der Waals surface area contributed by atoms with Gasteiger partial charge in [-0.05, 0) is 42.5 Å². The maximum absolute atomic E-state index is 13.0. The molecule has 0 radical (unpaired) electrons. The van der Waals surface area contributed by atoms with E-state index in [1.54, 1.807) is 12.1 Å². The fourth-order valence-corrected chi connectivity index (χ4v) is 3.06. The van der Waals surface area contributed by atoms with Crippen molar-refractivity contribution < 1.29 is 33.0 Å². The van der Waals surface area contributed by atoms with Crippen LogP contribution in [0.2, 0.25) is 5.02 Å². The summed E-state index contributed by atoms with van der Waals surface area (Å²) in [6, 6.07) is 15.5. The van der Waals surface area contributed by atoms with Gasteiger partial charge in [-0.3, -0.25) is 4.79 Å². The number of benzene rings is 3. The largest absolute Gasteiger partial charge is 0.505 e. The van der Waals surface area contributed by atoms with Crippen LogP contribution in [0.15, 0.2) is 83.5 Å². The van der Waals surface area contributed by atoms with Crippen LogP contribution in [0.4, 0.5) is 24.5 Å². The summed E-state index contributed by atoms with van der Waals surface area (Å²) in [5, 5.41) is 21.7. The SMILES string of the molecule is NC(=CC(=Nc1ccccc1Cl)c1ccc(C(=O)Nc2cccc(C(=O)O)c2O)cc1)C(F)(F)F. The van der Waals surface area contributed by atoms with Gasteiger partial charge >= 0.3 is 12.1 Å². The van der Waals surface area contributed by atoms with Crippen LogP contribution in [0.5, 0.6) is 5.75 Å². The summed E-state index contributed by atoms with van der Waals surface area (Å²) in [6.07, 6.45) is -4.12. The Bertz CT molecular complexity index is 1340. The average molecular weight is 504 g/mol. The number of hydrogen-bond acceptors (Lipinski definition) is 5. The van der Waals surface area contributed by atoms with E-state index in [0.717, 1.165) is 0 Å². The molecule has 0 saturated heterocycles. The monoisotopic (exact) mass is 503 g/mol. The molecule has 0 aliphatic carbocycles. The van der Waals surface area contributed by atoms with Crippen molar-refractivity contribution in [3.63, 3.8) is 0 Å². The van der Waals surface area contributed by atoms with Gasteiger partial charge in [0.2, 0.25) is 0 Å². The van der Waals surface area contributed by atoms with Crippen LogP contribution >= 0.6 is 11.6 Å². The van der Waals surface area contributed by atoms with Crippen molar-refractivity contribution in [1.29, 1.82) is 0 Å². The summed E-state index contributed by atoms with van der Waals surface area (Å²) in [5.74, 6) is -2.68. The smallest absolute Gasteiger partial charge is 0.430 e. The molecule has 3 aromatic rings. The number of carboxylic acid groups (broad SMARTS) is 1. The van der Waals surface area contributed by atoms with Crippen LogP contribution < -0.4 is 11.1 Å². The Balaban J connectivity index is 1.94. The van der Waals surface area contributed by atoms with E-state index >= 15 is 0 Å². The normalized spacial score (nSPS) is 12.3. The molecular weight excluding hydrogens is 487 g/mol. The number of allylic oxidation sites excluding steroid dienone is 2. The average Bonchev–Trinajstić information content (AvgIpc) is 2.80. The molecule has 0 unspecified atom stereocenters. The second-order valence-electron chi connectivity index (χ2n) is 7.08. The molecule has 0 spiro atoms. The molecule has 0 bridgehead atoms. The summed E-state index contributed by atoms with van der Waals surface area (Å²) in [5.41, 5.74) is 3.65. The van der Waals surface area contributed by atoms with E-state index in [4.69, 9.17) is 22.4 Å². The summed E-state index contributed by atoms with van der Waals surface area (Å²) >= 11 is 6.08. The number of anilines is 1. The number of halogens is 4. The first-order valence-corrected chi connectivity index (χ1v) is 10.2. The van der Waals surface area contributed by atoms with Gasteiger partial charge in [-0.25, -0.2) is 9.79 Å². The minimum Gasteiger partial charge on any atom is -0.505 e. The number of aromatic carboxylic acids is 1. The van der Waals surface area contributed by atoms with Crippen LogP contribution in [0.1, 0.15) is 26.3 Å². The van der Waals surface area contributed by atoms with Crippen molar-refractivity contribution >= 4 is 40.6 Å². The number of phenols is 1. The third kappa shape index (κ3) is 6.18. The Morgan fingerprint density at radius 1 is 0.971 bits per heavy atom. The minimum atomic E-state index is -4.78. The number of carbonyl (C=O) groups excluding carboxylic acids is 1. The fourth-order valence-electron chi connectivity index (χ4n) is 2.89. The molecule has 35 heavy (non-hydrogen) atoms. The predicted molar refractivity (Wildman–Crippen MR) is 125 cm³/mol. The molecule has 3 rings (SSSR count). The third-order valence-electron chi connectivity index (χ3n) is 4.67.